The summed E-state index contributed by atoms with van der Waals surface area (Å²) < 4.78 is 5.01. The highest BCUT2D eigenvalue weighted by atomic mass is 16.5. The number of phenolic OH excluding ortho intramolecular Hbond substituents is 2. The van der Waals surface area contributed by atoms with Crippen molar-refractivity contribution in [3.63, 3.8) is 0 Å². The van der Waals surface area contributed by atoms with Gasteiger partial charge in [-0.1, -0.05) is 0 Å². The maximum Gasteiger partial charge on any atom is 0.200 e. The Labute approximate surface area is 169 Å². The van der Waals surface area contributed by atoms with Gasteiger partial charge in [-0.15, -0.1) is 0 Å². The third-order valence-electron chi connectivity index (χ3n) is 4.77. The third-order valence-corrected chi connectivity index (χ3v) is 4.77. The molecule has 0 aromatic heterocycles. The van der Waals surface area contributed by atoms with Crippen LogP contribution in [0.4, 0.5) is 11.4 Å². The van der Waals surface area contributed by atoms with Gasteiger partial charge in [-0.05, 0) is 38.4 Å². The van der Waals surface area contributed by atoms with Crippen LogP contribution in [0.15, 0.2) is 24.3 Å². The predicted molar refractivity (Wildman–Crippen MR) is 110 cm³/mol. The number of hydrogen-bond acceptors (Lipinski definition) is 8. The topological polar surface area (TPSA) is 111 Å². The molecular weight excluding hydrogens is 374 g/mol. The fourth-order valence-electron chi connectivity index (χ4n) is 3.36. The first-order valence-corrected chi connectivity index (χ1v) is 9.29. The summed E-state index contributed by atoms with van der Waals surface area (Å²) in [6, 6.07) is 5.88. The van der Waals surface area contributed by atoms with E-state index in [1.807, 2.05) is 19.0 Å². The van der Waals surface area contributed by atoms with E-state index in [9.17, 15) is 19.8 Å². The second-order valence-electron chi connectivity index (χ2n) is 7.07. The molecule has 0 heterocycles. The number of phenols is 2. The van der Waals surface area contributed by atoms with E-state index in [0.29, 0.717) is 37.6 Å². The van der Waals surface area contributed by atoms with Gasteiger partial charge in [-0.25, -0.2) is 0 Å². The smallest absolute Gasteiger partial charge is 0.200 e. The van der Waals surface area contributed by atoms with E-state index in [4.69, 9.17) is 4.74 Å². The Morgan fingerprint density at radius 3 is 1.76 bits per heavy atom. The molecule has 1 aliphatic carbocycles. The summed E-state index contributed by atoms with van der Waals surface area (Å²) in [4.78, 5) is 28.6. The minimum atomic E-state index is -0.515. The van der Waals surface area contributed by atoms with Crippen LogP contribution in [0.1, 0.15) is 31.8 Å². The number of methoxy groups -OCH3 is 1. The van der Waals surface area contributed by atoms with Gasteiger partial charge in [0.05, 0.1) is 28.9 Å². The van der Waals surface area contributed by atoms with Crippen LogP contribution in [-0.2, 0) is 4.74 Å². The lowest BCUT2D eigenvalue weighted by Gasteiger charge is -2.24. The zero-order chi connectivity index (χ0) is 21.1. The number of aromatic hydroxyl groups is 2. The number of ether oxygens (including phenoxy) is 1. The third kappa shape index (κ3) is 3.90. The Hall–Kier alpha value is -3.10. The van der Waals surface area contributed by atoms with Crippen LogP contribution < -0.4 is 10.6 Å². The highest BCUT2D eigenvalue weighted by Gasteiger charge is 2.37. The highest BCUT2D eigenvalue weighted by molar-refractivity contribution is 6.33. The normalized spacial score (nSPS) is 12.7. The Morgan fingerprint density at radius 2 is 1.31 bits per heavy atom. The van der Waals surface area contributed by atoms with Crippen LogP contribution in [-0.4, -0.2) is 74.1 Å². The standard InChI is InChI=1S/C21H25N3O5/c1-24(2)10-8-22-12-4-6-14(25)18-16(12)20(27)19-15(26)7-5-13(17(19)21(18)28)23-9-11-29-3/h4-7,22-23,25-26H,8-11H2,1-3H3. The van der Waals surface area contributed by atoms with Crippen molar-refractivity contribution in [1.29, 1.82) is 0 Å². The van der Waals surface area contributed by atoms with Crippen LogP contribution in [0.5, 0.6) is 11.5 Å². The van der Waals surface area contributed by atoms with Gasteiger partial charge in [0.15, 0.2) is 0 Å². The fourth-order valence-corrected chi connectivity index (χ4v) is 3.36. The molecule has 0 fully saturated rings. The number of nitrogens with zero attached hydrogens (tertiary/aromatic N) is 1. The van der Waals surface area contributed by atoms with Crippen molar-refractivity contribution in [1.82, 2.24) is 4.90 Å². The molecule has 4 N–H and O–H groups in total. The quantitative estimate of drug-likeness (QED) is 0.336. The summed E-state index contributed by atoms with van der Waals surface area (Å²) in [5.41, 5.74) is 0.860. The summed E-state index contributed by atoms with van der Waals surface area (Å²) in [6.45, 7) is 2.08. The number of nitrogens with one attached hydrogen (secondary N) is 2. The van der Waals surface area contributed by atoms with E-state index < -0.39 is 11.6 Å². The van der Waals surface area contributed by atoms with Crippen molar-refractivity contribution in [2.75, 3.05) is 58.1 Å². The van der Waals surface area contributed by atoms with Crippen molar-refractivity contribution in [2.24, 2.45) is 0 Å². The first kappa shape index (κ1) is 20.6. The minimum Gasteiger partial charge on any atom is -0.507 e. The molecule has 0 bridgehead atoms. The molecule has 154 valence electrons. The number of likely N-dealkylation sites (N-methyl/N-ethyl adjacent to an activating group) is 1. The Morgan fingerprint density at radius 1 is 0.828 bits per heavy atom. The number of carbonyl (C=O) groups excluding carboxylic acids is 2. The maximum absolute atomic E-state index is 13.3. The lowest BCUT2D eigenvalue weighted by molar-refractivity contribution is 0.0975. The predicted octanol–water partition coefficient (Wildman–Crippen LogP) is 1.91. The van der Waals surface area contributed by atoms with E-state index in [1.54, 1.807) is 13.2 Å². The summed E-state index contributed by atoms with van der Waals surface area (Å²) in [5, 5.41) is 26.9. The van der Waals surface area contributed by atoms with Crippen LogP contribution >= 0.6 is 0 Å². The van der Waals surface area contributed by atoms with Gasteiger partial charge in [0, 0.05) is 38.1 Å². The average molecular weight is 399 g/mol. The number of rotatable bonds is 8. The first-order chi connectivity index (χ1) is 13.9. The van der Waals surface area contributed by atoms with E-state index in [1.165, 1.54) is 18.2 Å². The largest absolute Gasteiger partial charge is 0.507 e. The van der Waals surface area contributed by atoms with Crippen molar-refractivity contribution < 1.29 is 24.5 Å². The van der Waals surface area contributed by atoms with Crippen molar-refractivity contribution >= 4 is 22.9 Å². The van der Waals surface area contributed by atoms with E-state index >= 15 is 0 Å². The number of benzene rings is 2. The lowest BCUT2D eigenvalue weighted by Crippen LogP contribution is -2.26. The molecule has 0 radical (unpaired) electrons. The molecule has 2 aromatic carbocycles. The van der Waals surface area contributed by atoms with Crippen LogP contribution in [0.25, 0.3) is 0 Å². The van der Waals surface area contributed by atoms with Crippen molar-refractivity contribution in [3.8, 4) is 11.5 Å². The van der Waals surface area contributed by atoms with Crippen molar-refractivity contribution in [3.05, 3.63) is 46.5 Å². The molecule has 8 nitrogen and oxygen atoms in total. The van der Waals surface area contributed by atoms with E-state index in [2.05, 4.69) is 10.6 Å². The fraction of sp³-hybridized carbons (Fsp3) is 0.333. The van der Waals surface area contributed by atoms with E-state index in [-0.39, 0.29) is 33.8 Å². The number of fused-ring (bicyclic) bond motifs is 2. The molecule has 8 heteroatoms. The number of ketones is 2. The van der Waals surface area contributed by atoms with Gasteiger partial charge in [0.1, 0.15) is 11.5 Å². The van der Waals surface area contributed by atoms with Gasteiger partial charge in [-0.2, -0.15) is 0 Å². The maximum atomic E-state index is 13.3. The van der Waals surface area contributed by atoms with Crippen LogP contribution in [0.2, 0.25) is 0 Å². The number of hydrogen-bond donors (Lipinski definition) is 4. The molecule has 3 rings (SSSR count). The second kappa shape index (κ2) is 8.50. The molecule has 29 heavy (non-hydrogen) atoms. The zero-order valence-electron chi connectivity index (χ0n) is 16.7. The molecule has 0 atom stereocenters. The minimum absolute atomic E-state index is 0.0549. The van der Waals surface area contributed by atoms with Gasteiger partial charge < -0.3 is 30.5 Å². The molecule has 0 spiro atoms. The SMILES string of the molecule is COCCNc1ccc(O)c2c1C(=O)c1c(O)ccc(NCCN(C)C)c1C2=O. The summed E-state index contributed by atoms with van der Waals surface area (Å²) in [6.07, 6.45) is 0. The zero-order valence-corrected chi connectivity index (χ0v) is 16.7. The molecule has 0 saturated carbocycles. The molecule has 2 aromatic rings. The Kier molecular flexibility index (Phi) is 6.05. The highest BCUT2D eigenvalue weighted by Crippen LogP contribution is 2.42. The number of anilines is 2. The second-order valence-corrected chi connectivity index (χ2v) is 7.07. The van der Waals surface area contributed by atoms with Gasteiger partial charge in [0.25, 0.3) is 0 Å². The monoisotopic (exact) mass is 399 g/mol. The summed E-state index contributed by atoms with van der Waals surface area (Å²) in [7, 11) is 5.41. The molecule has 0 saturated heterocycles. The molecule has 0 aliphatic heterocycles. The summed E-state index contributed by atoms with van der Waals surface area (Å²) in [5.74, 6) is -1.57. The molecule has 1 aliphatic rings. The molecule has 0 unspecified atom stereocenters. The lowest BCUT2D eigenvalue weighted by atomic mass is 9.81. The summed E-state index contributed by atoms with van der Waals surface area (Å²) >= 11 is 0. The van der Waals surface area contributed by atoms with Gasteiger partial charge in [0.2, 0.25) is 11.6 Å². The first-order valence-electron chi connectivity index (χ1n) is 9.29. The average Bonchev–Trinajstić information content (AvgIpc) is 2.68. The van der Waals surface area contributed by atoms with Crippen molar-refractivity contribution in [2.45, 2.75) is 0 Å². The van der Waals surface area contributed by atoms with Gasteiger partial charge in [-0.3, -0.25) is 9.59 Å². The molecule has 0 amide bonds. The Bertz CT molecular complexity index is 956. The van der Waals surface area contributed by atoms with Gasteiger partial charge >= 0.3 is 0 Å². The Balaban J connectivity index is 2.09. The molecular formula is C21H25N3O5. The van der Waals surface area contributed by atoms with Crippen LogP contribution in [0, 0.1) is 0 Å². The van der Waals surface area contributed by atoms with E-state index in [0.717, 1.165) is 0 Å². The van der Waals surface area contributed by atoms with Crippen LogP contribution in [0.3, 0.4) is 0 Å². The number of carbonyl (C=O) groups is 2.